The molecule has 1 aromatic carbocycles. The summed E-state index contributed by atoms with van der Waals surface area (Å²) in [5.41, 5.74) is 3.36. The van der Waals surface area contributed by atoms with Crippen molar-refractivity contribution < 1.29 is 14.6 Å². The first-order valence-electron chi connectivity index (χ1n) is 6.55. The highest BCUT2D eigenvalue weighted by Gasteiger charge is 2.33. The van der Waals surface area contributed by atoms with Crippen molar-refractivity contribution >= 4 is 5.91 Å². The number of aryl methyl sites for hydroxylation is 2. The van der Waals surface area contributed by atoms with E-state index in [1.54, 1.807) is 12.0 Å². The summed E-state index contributed by atoms with van der Waals surface area (Å²) in [5.74, 6) is 0.0450. The molecule has 1 amide bonds. The number of aliphatic hydroxyl groups excluding tert-OH is 1. The fourth-order valence-electron chi connectivity index (χ4n) is 2.65. The van der Waals surface area contributed by atoms with Gasteiger partial charge in [0.2, 0.25) is 5.91 Å². The zero-order valence-corrected chi connectivity index (χ0v) is 11.7. The molecule has 0 spiro atoms. The van der Waals surface area contributed by atoms with Gasteiger partial charge < -0.3 is 14.7 Å². The Balaban J connectivity index is 2.02. The molecule has 19 heavy (non-hydrogen) atoms. The number of ether oxygens (including phenoxy) is 1. The van der Waals surface area contributed by atoms with Gasteiger partial charge in [0.15, 0.2) is 0 Å². The highest BCUT2D eigenvalue weighted by Crippen LogP contribution is 2.16. The molecule has 1 heterocycles. The molecule has 1 N–H and O–H groups in total. The second-order valence-electron chi connectivity index (χ2n) is 5.31. The number of aliphatic hydroxyl groups is 1. The van der Waals surface area contributed by atoms with E-state index in [4.69, 9.17) is 4.74 Å². The number of hydrogen-bond donors (Lipinski definition) is 1. The fourth-order valence-corrected chi connectivity index (χ4v) is 2.65. The molecule has 1 aliphatic rings. The smallest absolute Gasteiger partial charge is 0.227 e. The first kappa shape index (κ1) is 14.0. The standard InChI is InChI=1S/C15H21NO3/c1-10-4-11(2)6-12(5-10)7-15(18)16-8-13(17)14(9-16)19-3/h4-6,13-14,17H,7-9H2,1-3H3/t13-,14-/m0/s1. The Bertz CT molecular complexity index is 452. The summed E-state index contributed by atoms with van der Waals surface area (Å²) in [7, 11) is 1.56. The molecule has 1 fully saturated rings. The van der Waals surface area contributed by atoms with Crippen molar-refractivity contribution in [3.8, 4) is 0 Å². The van der Waals surface area contributed by atoms with Crippen molar-refractivity contribution in [3.05, 3.63) is 34.9 Å². The predicted octanol–water partition coefficient (Wildman–Crippen LogP) is 1.06. The molecule has 0 aromatic heterocycles. The Morgan fingerprint density at radius 1 is 1.32 bits per heavy atom. The van der Waals surface area contributed by atoms with Crippen LogP contribution in [-0.4, -0.2) is 48.3 Å². The Hall–Kier alpha value is -1.39. The van der Waals surface area contributed by atoms with Crippen LogP contribution in [0.15, 0.2) is 18.2 Å². The maximum absolute atomic E-state index is 12.2. The van der Waals surface area contributed by atoms with Crippen LogP contribution in [0.3, 0.4) is 0 Å². The van der Waals surface area contributed by atoms with E-state index >= 15 is 0 Å². The number of likely N-dealkylation sites (tertiary alicyclic amines) is 1. The number of carbonyl (C=O) groups excluding carboxylic acids is 1. The normalized spacial score (nSPS) is 22.8. The van der Waals surface area contributed by atoms with Crippen LogP contribution in [0.1, 0.15) is 16.7 Å². The highest BCUT2D eigenvalue weighted by atomic mass is 16.5. The van der Waals surface area contributed by atoms with Gasteiger partial charge in [-0.05, 0) is 19.4 Å². The second-order valence-corrected chi connectivity index (χ2v) is 5.31. The van der Waals surface area contributed by atoms with Gasteiger partial charge in [0.05, 0.1) is 12.5 Å². The summed E-state index contributed by atoms with van der Waals surface area (Å²) in [4.78, 5) is 13.9. The zero-order valence-electron chi connectivity index (χ0n) is 11.7. The Morgan fingerprint density at radius 2 is 1.95 bits per heavy atom. The minimum absolute atomic E-state index is 0.0450. The molecule has 1 aromatic rings. The van der Waals surface area contributed by atoms with Gasteiger partial charge in [-0.3, -0.25) is 4.79 Å². The van der Waals surface area contributed by atoms with Gasteiger partial charge in [-0.1, -0.05) is 29.3 Å². The first-order chi connectivity index (χ1) is 8.99. The predicted molar refractivity (Wildman–Crippen MR) is 73.0 cm³/mol. The number of carbonyl (C=O) groups is 1. The maximum Gasteiger partial charge on any atom is 0.227 e. The van der Waals surface area contributed by atoms with E-state index < -0.39 is 6.10 Å². The van der Waals surface area contributed by atoms with Crippen molar-refractivity contribution in [2.45, 2.75) is 32.5 Å². The molecule has 0 radical (unpaired) electrons. The molecule has 1 saturated heterocycles. The van der Waals surface area contributed by atoms with Crippen LogP contribution in [0, 0.1) is 13.8 Å². The maximum atomic E-state index is 12.2. The molecule has 2 atom stereocenters. The summed E-state index contributed by atoms with van der Waals surface area (Å²) in [5, 5.41) is 9.74. The summed E-state index contributed by atoms with van der Waals surface area (Å²) < 4.78 is 5.15. The number of benzene rings is 1. The average Bonchev–Trinajstić information content (AvgIpc) is 2.69. The van der Waals surface area contributed by atoms with Gasteiger partial charge in [0.25, 0.3) is 0 Å². The summed E-state index contributed by atoms with van der Waals surface area (Å²) in [6.45, 7) is 4.90. The number of nitrogens with zero attached hydrogens (tertiary/aromatic N) is 1. The van der Waals surface area contributed by atoms with Gasteiger partial charge in [-0.15, -0.1) is 0 Å². The van der Waals surface area contributed by atoms with E-state index in [-0.39, 0.29) is 12.0 Å². The Labute approximate surface area is 114 Å². The zero-order chi connectivity index (χ0) is 14.0. The number of methoxy groups -OCH3 is 1. The molecular formula is C15H21NO3. The second kappa shape index (κ2) is 5.72. The lowest BCUT2D eigenvalue weighted by Gasteiger charge is -2.16. The van der Waals surface area contributed by atoms with Gasteiger partial charge in [-0.25, -0.2) is 0 Å². The molecule has 0 bridgehead atoms. The lowest BCUT2D eigenvalue weighted by molar-refractivity contribution is -0.130. The van der Waals surface area contributed by atoms with Gasteiger partial charge >= 0.3 is 0 Å². The molecule has 0 aliphatic carbocycles. The van der Waals surface area contributed by atoms with Crippen molar-refractivity contribution in [1.29, 1.82) is 0 Å². The highest BCUT2D eigenvalue weighted by molar-refractivity contribution is 5.79. The Morgan fingerprint density at radius 3 is 2.47 bits per heavy atom. The molecule has 4 heteroatoms. The van der Waals surface area contributed by atoms with Crippen LogP contribution >= 0.6 is 0 Å². The van der Waals surface area contributed by atoms with E-state index in [9.17, 15) is 9.90 Å². The van der Waals surface area contributed by atoms with E-state index in [2.05, 4.69) is 6.07 Å². The summed E-state index contributed by atoms with van der Waals surface area (Å²) in [6, 6.07) is 6.16. The third kappa shape index (κ3) is 3.33. The molecule has 2 rings (SSSR count). The van der Waals surface area contributed by atoms with Crippen LogP contribution < -0.4 is 0 Å². The minimum atomic E-state index is -0.576. The van der Waals surface area contributed by atoms with E-state index in [0.717, 1.165) is 5.56 Å². The third-order valence-electron chi connectivity index (χ3n) is 3.53. The lowest BCUT2D eigenvalue weighted by atomic mass is 10.0. The molecule has 0 unspecified atom stereocenters. The molecule has 104 valence electrons. The number of hydrogen-bond acceptors (Lipinski definition) is 3. The average molecular weight is 263 g/mol. The van der Waals surface area contributed by atoms with Crippen LogP contribution in [-0.2, 0) is 16.0 Å². The van der Waals surface area contributed by atoms with E-state index in [0.29, 0.717) is 19.5 Å². The van der Waals surface area contributed by atoms with Crippen LogP contribution in [0.4, 0.5) is 0 Å². The van der Waals surface area contributed by atoms with Crippen LogP contribution in [0.2, 0.25) is 0 Å². The van der Waals surface area contributed by atoms with Gasteiger partial charge in [0.1, 0.15) is 6.10 Å². The molecule has 0 saturated carbocycles. The van der Waals surface area contributed by atoms with Crippen molar-refractivity contribution in [2.24, 2.45) is 0 Å². The van der Waals surface area contributed by atoms with Crippen molar-refractivity contribution in [1.82, 2.24) is 4.90 Å². The Kier molecular flexibility index (Phi) is 4.22. The van der Waals surface area contributed by atoms with Crippen molar-refractivity contribution in [2.75, 3.05) is 20.2 Å². The fraction of sp³-hybridized carbons (Fsp3) is 0.533. The van der Waals surface area contributed by atoms with Crippen LogP contribution in [0.25, 0.3) is 0 Å². The van der Waals surface area contributed by atoms with E-state index in [1.165, 1.54) is 11.1 Å². The molecule has 4 nitrogen and oxygen atoms in total. The SMILES string of the molecule is CO[C@H]1CN(C(=O)Cc2cc(C)cc(C)c2)C[C@@H]1O. The van der Waals surface area contributed by atoms with Gasteiger partial charge in [-0.2, -0.15) is 0 Å². The summed E-state index contributed by atoms with van der Waals surface area (Å²) >= 11 is 0. The first-order valence-corrected chi connectivity index (χ1v) is 6.55. The largest absolute Gasteiger partial charge is 0.388 e. The van der Waals surface area contributed by atoms with E-state index in [1.807, 2.05) is 26.0 Å². The number of amides is 1. The third-order valence-corrected chi connectivity index (χ3v) is 3.53. The topological polar surface area (TPSA) is 49.8 Å². The molecular weight excluding hydrogens is 242 g/mol. The number of β-amino-alcohol motifs (C(OH)–C–C–N with tert-alkyl or cyclic N) is 1. The van der Waals surface area contributed by atoms with Crippen molar-refractivity contribution in [3.63, 3.8) is 0 Å². The lowest BCUT2D eigenvalue weighted by Crippen LogP contribution is -2.31. The summed E-state index contributed by atoms with van der Waals surface area (Å²) in [6.07, 6.45) is -0.456. The van der Waals surface area contributed by atoms with Gasteiger partial charge in [0, 0.05) is 20.2 Å². The monoisotopic (exact) mass is 263 g/mol. The molecule has 1 aliphatic heterocycles. The number of rotatable bonds is 3. The van der Waals surface area contributed by atoms with Crippen LogP contribution in [0.5, 0.6) is 0 Å². The minimum Gasteiger partial charge on any atom is -0.388 e. The quantitative estimate of drug-likeness (QED) is 0.887.